The molecular weight excluding hydrogens is 254 g/mol. The minimum atomic E-state index is -0.0881. The van der Waals surface area contributed by atoms with Gasteiger partial charge >= 0.3 is 0 Å². The molecule has 1 rings (SSSR count). The maximum absolute atomic E-state index is 11.7. The Morgan fingerprint density at radius 1 is 1.15 bits per heavy atom. The molecule has 0 bridgehead atoms. The van der Waals surface area contributed by atoms with Gasteiger partial charge in [0, 0.05) is 13.2 Å². The second-order valence-electron chi connectivity index (χ2n) is 5.00. The summed E-state index contributed by atoms with van der Waals surface area (Å²) < 4.78 is 5.58. The lowest BCUT2D eigenvalue weighted by Gasteiger charge is -2.11. The van der Waals surface area contributed by atoms with Crippen molar-refractivity contribution in [1.29, 1.82) is 0 Å². The van der Waals surface area contributed by atoms with E-state index in [4.69, 9.17) is 9.84 Å². The number of aliphatic hydroxyl groups excluding tert-OH is 1. The standard InChI is InChI=1S/C16H25NO3/c1-13-8-7-9-14(2)16(13)20-12-15(19)17-10-5-3-4-6-11-18/h7-9,18H,3-6,10-12H2,1-2H3,(H,17,19). The number of ether oxygens (including phenoxy) is 1. The Hall–Kier alpha value is -1.55. The van der Waals surface area contributed by atoms with E-state index in [1.54, 1.807) is 0 Å². The summed E-state index contributed by atoms with van der Waals surface area (Å²) in [5.74, 6) is 0.709. The van der Waals surface area contributed by atoms with E-state index < -0.39 is 0 Å². The Labute approximate surface area is 121 Å². The zero-order chi connectivity index (χ0) is 14.8. The van der Waals surface area contributed by atoms with Crippen LogP contribution in [0.1, 0.15) is 36.8 Å². The van der Waals surface area contributed by atoms with Crippen molar-refractivity contribution in [3.8, 4) is 5.75 Å². The van der Waals surface area contributed by atoms with Crippen LogP contribution in [0.5, 0.6) is 5.75 Å². The van der Waals surface area contributed by atoms with Crippen molar-refractivity contribution in [3.63, 3.8) is 0 Å². The van der Waals surface area contributed by atoms with Crippen LogP contribution in [0, 0.1) is 13.8 Å². The lowest BCUT2D eigenvalue weighted by molar-refractivity contribution is -0.123. The van der Waals surface area contributed by atoms with Crippen molar-refractivity contribution >= 4 is 5.91 Å². The molecule has 1 amide bonds. The monoisotopic (exact) mass is 279 g/mol. The molecule has 1 aromatic carbocycles. The number of para-hydroxylation sites is 1. The molecule has 0 unspecified atom stereocenters. The largest absolute Gasteiger partial charge is 0.483 e. The van der Waals surface area contributed by atoms with Gasteiger partial charge in [-0.2, -0.15) is 0 Å². The number of hydrogen-bond donors (Lipinski definition) is 2. The van der Waals surface area contributed by atoms with Gasteiger partial charge < -0.3 is 15.2 Å². The third-order valence-corrected chi connectivity index (χ3v) is 3.16. The van der Waals surface area contributed by atoms with Crippen LogP contribution in [0.2, 0.25) is 0 Å². The highest BCUT2D eigenvalue weighted by Crippen LogP contribution is 2.21. The number of rotatable bonds is 9. The van der Waals surface area contributed by atoms with Crippen LogP contribution < -0.4 is 10.1 Å². The van der Waals surface area contributed by atoms with Crippen molar-refractivity contribution < 1.29 is 14.6 Å². The average molecular weight is 279 g/mol. The predicted octanol–water partition coefficient (Wildman–Crippen LogP) is 2.35. The first-order valence-electron chi connectivity index (χ1n) is 7.21. The van der Waals surface area contributed by atoms with Crippen molar-refractivity contribution in [2.45, 2.75) is 39.5 Å². The molecule has 2 N–H and O–H groups in total. The van der Waals surface area contributed by atoms with E-state index >= 15 is 0 Å². The Balaban J connectivity index is 2.20. The smallest absolute Gasteiger partial charge is 0.257 e. The van der Waals surface area contributed by atoms with Crippen LogP contribution in [0.3, 0.4) is 0 Å². The molecule has 0 aliphatic heterocycles. The zero-order valence-corrected chi connectivity index (χ0v) is 12.4. The number of nitrogens with one attached hydrogen (secondary N) is 1. The van der Waals surface area contributed by atoms with Crippen molar-refractivity contribution in [2.24, 2.45) is 0 Å². The van der Waals surface area contributed by atoms with Crippen LogP contribution in [-0.2, 0) is 4.79 Å². The summed E-state index contributed by atoms with van der Waals surface area (Å²) in [6.07, 6.45) is 3.81. The maximum Gasteiger partial charge on any atom is 0.257 e. The number of aryl methyl sites for hydroxylation is 2. The summed E-state index contributed by atoms with van der Waals surface area (Å²) in [5, 5.41) is 11.5. The summed E-state index contributed by atoms with van der Waals surface area (Å²) in [6, 6.07) is 5.92. The normalized spacial score (nSPS) is 10.3. The molecule has 1 aromatic rings. The molecule has 0 aliphatic rings. The van der Waals surface area contributed by atoms with Crippen LogP contribution in [0.25, 0.3) is 0 Å². The number of benzene rings is 1. The highest BCUT2D eigenvalue weighted by molar-refractivity contribution is 5.77. The molecule has 4 heteroatoms. The third kappa shape index (κ3) is 6.06. The van der Waals surface area contributed by atoms with E-state index in [0.717, 1.165) is 42.6 Å². The van der Waals surface area contributed by atoms with Gasteiger partial charge in [0.25, 0.3) is 5.91 Å². The van der Waals surface area contributed by atoms with Crippen molar-refractivity contribution in [2.75, 3.05) is 19.8 Å². The van der Waals surface area contributed by atoms with Crippen LogP contribution >= 0.6 is 0 Å². The first-order chi connectivity index (χ1) is 9.65. The lowest BCUT2D eigenvalue weighted by atomic mass is 10.1. The molecule has 0 aliphatic carbocycles. The van der Waals surface area contributed by atoms with Gasteiger partial charge in [0.2, 0.25) is 0 Å². The van der Waals surface area contributed by atoms with Crippen LogP contribution in [-0.4, -0.2) is 30.8 Å². The second-order valence-corrected chi connectivity index (χ2v) is 5.00. The first kappa shape index (κ1) is 16.5. The van der Waals surface area contributed by atoms with Crippen LogP contribution in [0.15, 0.2) is 18.2 Å². The maximum atomic E-state index is 11.7. The fourth-order valence-electron chi connectivity index (χ4n) is 2.03. The molecule has 0 aromatic heterocycles. The highest BCUT2D eigenvalue weighted by atomic mass is 16.5. The van der Waals surface area contributed by atoms with Crippen molar-refractivity contribution in [1.82, 2.24) is 5.32 Å². The number of hydrogen-bond acceptors (Lipinski definition) is 3. The molecule has 0 spiro atoms. The SMILES string of the molecule is Cc1cccc(C)c1OCC(=O)NCCCCCCO. The first-order valence-corrected chi connectivity index (χ1v) is 7.21. The van der Waals surface area contributed by atoms with Gasteiger partial charge in [0.1, 0.15) is 5.75 Å². The molecular formula is C16H25NO3. The van der Waals surface area contributed by atoms with Gasteiger partial charge in [0.05, 0.1) is 0 Å². The van der Waals surface area contributed by atoms with Crippen LogP contribution in [0.4, 0.5) is 0 Å². The van der Waals surface area contributed by atoms with E-state index in [0.29, 0.717) is 6.54 Å². The Bertz CT molecular complexity index is 398. The molecule has 112 valence electrons. The summed E-state index contributed by atoms with van der Waals surface area (Å²) in [4.78, 5) is 11.7. The summed E-state index contributed by atoms with van der Waals surface area (Å²) in [6.45, 7) is 4.92. The second kappa shape index (κ2) is 9.37. The summed E-state index contributed by atoms with van der Waals surface area (Å²) >= 11 is 0. The van der Waals surface area contributed by atoms with Gasteiger partial charge in [-0.1, -0.05) is 31.0 Å². The molecule has 0 radical (unpaired) electrons. The fraction of sp³-hybridized carbons (Fsp3) is 0.562. The molecule has 20 heavy (non-hydrogen) atoms. The van der Waals surface area contributed by atoms with Gasteiger partial charge in [-0.05, 0) is 37.8 Å². The van der Waals surface area contributed by atoms with Gasteiger partial charge in [-0.3, -0.25) is 4.79 Å². The number of aliphatic hydroxyl groups is 1. The molecule has 0 fully saturated rings. The third-order valence-electron chi connectivity index (χ3n) is 3.16. The highest BCUT2D eigenvalue weighted by Gasteiger charge is 2.06. The Morgan fingerprint density at radius 2 is 1.80 bits per heavy atom. The van der Waals surface area contributed by atoms with Gasteiger partial charge in [-0.25, -0.2) is 0 Å². The lowest BCUT2D eigenvalue weighted by Crippen LogP contribution is -2.29. The van der Waals surface area contributed by atoms with E-state index in [1.807, 2.05) is 32.0 Å². The minimum Gasteiger partial charge on any atom is -0.483 e. The quantitative estimate of drug-likeness (QED) is 0.682. The number of carbonyl (C=O) groups is 1. The molecule has 0 saturated carbocycles. The molecule has 0 saturated heterocycles. The van der Waals surface area contributed by atoms with E-state index in [2.05, 4.69) is 5.32 Å². The van der Waals surface area contributed by atoms with E-state index in [-0.39, 0.29) is 19.1 Å². The zero-order valence-electron chi connectivity index (χ0n) is 12.4. The van der Waals surface area contributed by atoms with E-state index in [1.165, 1.54) is 0 Å². The fourth-order valence-corrected chi connectivity index (χ4v) is 2.03. The average Bonchev–Trinajstić information content (AvgIpc) is 2.42. The summed E-state index contributed by atoms with van der Waals surface area (Å²) in [5.41, 5.74) is 2.09. The van der Waals surface area contributed by atoms with Crippen molar-refractivity contribution in [3.05, 3.63) is 29.3 Å². The predicted molar refractivity (Wildman–Crippen MR) is 80.0 cm³/mol. The summed E-state index contributed by atoms with van der Waals surface area (Å²) in [7, 11) is 0. The Morgan fingerprint density at radius 3 is 2.45 bits per heavy atom. The van der Waals surface area contributed by atoms with Gasteiger partial charge in [0.15, 0.2) is 6.61 Å². The topological polar surface area (TPSA) is 58.6 Å². The van der Waals surface area contributed by atoms with Gasteiger partial charge in [-0.15, -0.1) is 0 Å². The molecule has 0 heterocycles. The molecule has 0 atom stereocenters. The minimum absolute atomic E-state index is 0.0579. The van der Waals surface area contributed by atoms with E-state index in [9.17, 15) is 4.79 Å². The number of amides is 1. The number of carbonyl (C=O) groups excluding carboxylic acids is 1. The Kier molecular flexibility index (Phi) is 7.73. The number of unbranched alkanes of at least 4 members (excludes halogenated alkanes) is 3. The molecule has 4 nitrogen and oxygen atoms in total.